The standard InChI is InChI=1S/C11H22N4O2/c1-2-3-4-9(14-11(13)17)10(16)15-6-5-8(12)7-15/h8-9H,2-7,12H2,1H3,(H3,13,14,17)/t8-,9?/m1/s1. The van der Waals surface area contributed by atoms with Crippen molar-refractivity contribution in [2.24, 2.45) is 11.5 Å². The van der Waals surface area contributed by atoms with Crippen LogP contribution in [0.2, 0.25) is 0 Å². The lowest BCUT2D eigenvalue weighted by atomic mass is 10.1. The van der Waals surface area contributed by atoms with E-state index in [1.807, 2.05) is 6.92 Å². The first kappa shape index (κ1) is 13.8. The van der Waals surface area contributed by atoms with Gasteiger partial charge in [-0.3, -0.25) is 4.79 Å². The number of likely N-dealkylation sites (tertiary alicyclic amines) is 1. The van der Waals surface area contributed by atoms with Gasteiger partial charge in [0.25, 0.3) is 0 Å². The van der Waals surface area contributed by atoms with Crippen molar-refractivity contribution in [3.8, 4) is 0 Å². The number of amides is 3. The van der Waals surface area contributed by atoms with E-state index in [0.717, 1.165) is 19.3 Å². The zero-order valence-corrected chi connectivity index (χ0v) is 10.3. The second-order valence-electron chi connectivity index (χ2n) is 4.54. The Kier molecular flexibility index (Phi) is 5.21. The number of nitrogens with zero attached hydrogens (tertiary/aromatic N) is 1. The fourth-order valence-electron chi connectivity index (χ4n) is 2.05. The predicted molar refractivity (Wildman–Crippen MR) is 65.2 cm³/mol. The van der Waals surface area contributed by atoms with Crippen molar-refractivity contribution >= 4 is 11.9 Å². The molecule has 6 nitrogen and oxygen atoms in total. The number of hydrogen-bond acceptors (Lipinski definition) is 3. The maximum atomic E-state index is 12.1. The molecule has 1 fully saturated rings. The van der Waals surface area contributed by atoms with Gasteiger partial charge in [0.1, 0.15) is 6.04 Å². The van der Waals surface area contributed by atoms with Gasteiger partial charge in [-0.25, -0.2) is 4.79 Å². The van der Waals surface area contributed by atoms with Gasteiger partial charge in [-0.15, -0.1) is 0 Å². The first-order valence-electron chi connectivity index (χ1n) is 6.15. The SMILES string of the molecule is CCCCC(NC(N)=O)C(=O)N1CC[C@@H](N)C1. The molecule has 6 heteroatoms. The molecular formula is C11H22N4O2. The first-order chi connectivity index (χ1) is 8.04. The second kappa shape index (κ2) is 6.44. The molecule has 0 aromatic carbocycles. The van der Waals surface area contributed by atoms with Crippen molar-refractivity contribution in [3.05, 3.63) is 0 Å². The lowest BCUT2D eigenvalue weighted by Gasteiger charge is -2.23. The molecule has 1 rings (SSSR count). The molecule has 1 aliphatic heterocycles. The molecule has 0 bridgehead atoms. The monoisotopic (exact) mass is 242 g/mol. The van der Waals surface area contributed by atoms with E-state index < -0.39 is 12.1 Å². The minimum absolute atomic E-state index is 0.0550. The first-order valence-corrected chi connectivity index (χ1v) is 6.15. The van der Waals surface area contributed by atoms with Gasteiger partial charge in [0.05, 0.1) is 0 Å². The molecular weight excluding hydrogens is 220 g/mol. The number of carbonyl (C=O) groups excluding carboxylic acids is 2. The summed E-state index contributed by atoms with van der Waals surface area (Å²) in [6, 6.07) is -1.10. The van der Waals surface area contributed by atoms with E-state index in [-0.39, 0.29) is 11.9 Å². The second-order valence-corrected chi connectivity index (χ2v) is 4.54. The molecule has 0 radical (unpaired) electrons. The summed E-state index contributed by atoms with van der Waals surface area (Å²) in [5, 5.41) is 2.51. The topological polar surface area (TPSA) is 101 Å². The van der Waals surface area contributed by atoms with Gasteiger partial charge < -0.3 is 21.7 Å². The molecule has 17 heavy (non-hydrogen) atoms. The minimum Gasteiger partial charge on any atom is -0.352 e. The van der Waals surface area contributed by atoms with Gasteiger partial charge in [0.2, 0.25) is 5.91 Å². The number of primary amides is 1. The van der Waals surface area contributed by atoms with E-state index in [9.17, 15) is 9.59 Å². The largest absolute Gasteiger partial charge is 0.352 e. The minimum atomic E-state index is -0.650. The summed E-state index contributed by atoms with van der Waals surface area (Å²) in [5.74, 6) is -0.0646. The Labute approximate surface area is 102 Å². The molecule has 1 heterocycles. The van der Waals surface area contributed by atoms with E-state index in [2.05, 4.69) is 5.32 Å². The van der Waals surface area contributed by atoms with Crippen LogP contribution in [0.1, 0.15) is 32.6 Å². The van der Waals surface area contributed by atoms with Crippen LogP contribution in [0.4, 0.5) is 4.79 Å². The van der Waals surface area contributed by atoms with Gasteiger partial charge in [0.15, 0.2) is 0 Å². The van der Waals surface area contributed by atoms with Crippen LogP contribution in [-0.2, 0) is 4.79 Å². The number of nitrogens with one attached hydrogen (secondary N) is 1. The van der Waals surface area contributed by atoms with Crippen molar-refractivity contribution in [2.75, 3.05) is 13.1 Å². The number of hydrogen-bond donors (Lipinski definition) is 3. The van der Waals surface area contributed by atoms with E-state index >= 15 is 0 Å². The summed E-state index contributed by atoms with van der Waals surface area (Å²) in [6.07, 6.45) is 3.31. The molecule has 5 N–H and O–H groups in total. The predicted octanol–water partition coefficient (Wildman–Crippen LogP) is -0.227. The van der Waals surface area contributed by atoms with Gasteiger partial charge in [-0.1, -0.05) is 19.8 Å². The zero-order chi connectivity index (χ0) is 12.8. The summed E-state index contributed by atoms with van der Waals surface area (Å²) >= 11 is 0. The number of rotatable bonds is 5. The Morgan fingerprint density at radius 3 is 2.71 bits per heavy atom. The Hall–Kier alpha value is -1.30. The van der Waals surface area contributed by atoms with Gasteiger partial charge >= 0.3 is 6.03 Å². The summed E-state index contributed by atoms with van der Waals surface area (Å²) < 4.78 is 0. The van der Waals surface area contributed by atoms with E-state index in [1.165, 1.54) is 0 Å². The van der Waals surface area contributed by atoms with Crippen molar-refractivity contribution < 1.29 is 9.59 Å². The van der Waals surface area contributed by atoms with Crippen LogP contribution < -0.4 is 16.8 Å². The highest BCUT2D eigenvalue weighted by Gasteiger charge is 2.29. The molecule has 1 saturated heterocycles. The van der Waals surface area contributed by atoms with Crippen LogP contribution in [0.15, 0.2) is 0 Å². The Balaban J connectivity index is 2.55. The van der Waals surface area contributed by atoms with Gasteiger partial charge in [0, 0.05) is 19.1 Å². The van der Waals surface area contributed by atoms with Crippen LogP contribution >= 0.6 is 0 Å². The fourth-order valence-corrected chi connectivity index (χ4v) is 2.05. The molecule has 98 valence electrons. The highest BCUT2D eigenvalue weighted by Crippen LogP contribution is 2.11. The molecule has 0 aromatic heterocycles. The van der Waals surface area contributed by atoms with E-state index in [1.54, 1.807) is 4.90 Å². The highest BCUT2D eigenvalue weighted by molar-refractivity contribution is 5.86. The molecule has 0 aliphatic carbocycles. The maximum Gasteiger partial charge on any atom is 0.312 e. The zero-order valence-electron chi connectivity index (χ0n) is 10.3. The van der Waals surface area contributed by atoms with E-state index in [4.69, 9.17) is 11.5 Å². The lowest BCUT2D eigenvalue weighted by molar-refractivity contribution is -0.132. The third kappa shape index (κ3) is 4.22. The summed E-state index contributed by atoms with van der Waals surface area (Å²) in [6.45, 7) is 3.28. The molecule has 3 amide bonds. The number of nitrogens with two attached hydrogens (primary N) is 2. The van der Waals surface area contributed by atoms with Crippen molar-refractivity contribution in [1.29, 1.82) is 0 Å². The summed E-state index contributed by atoms with van der Waals surface area (Å²) in [4.78, 5) is 24.7. The third-order valence-electron chi connectivity index (χ3n) is 3.00. The molecule has 0 spiro atoms. The quantitative estimate of drug-likeness (QED) is 0.620. The number of carbonyl (C=O) groups is 2. The van der Waals surface area contributed by atoms with Crippen molar-refractivity contribution in [2.45, 2.75) is 44.7 Å². The normalized spacial score (nSPS) is 21.3. The third-order valence-corrected chi connectivity index (χ3v) is 3.00. The van der Waals surface area contributed by atoms with Crippen LogP contribution in [-0.4, -0.2) is 42.0 Å². The van der Waals surface area contributed by atoms with Crippen LogP contribution in [0, 0.1) is 0 Å². The Bertz CT molecular complexity index is 283. The average Bonchev–Trinajstić information content (AvgIpc) is 2.69. The molecule has 1 aliphatic rings. The van der Waals surface area contributed by atoms with Gasteiger partial charge in [-0.2, -0.15) is 0 Å². The smallest absolute Gasteiger partial charge is 0.312 e. The molecule has 0 aromatic rings. The molecule has 1 unspecified atom stereocenters. The number of urea groups is 1. The van der Waals surface area contributed by atoms with Crippen molar-refractivity contribution in [3.63, 3.8) is 0 Å². The Morgan fingerprint density at radius 1 is 1.53 bits per heavy atom. The summed E-state index contributed by atoms with van der Waals surface area (Å²) in [5.41, 5.74) is 10.8. The highest BCUT2D eigenvalue weighted by atomic mass is 16.2. The lowest BCUT2D eigenvalue weighted by Crippen LogP contribution is -2.49. The summed E-state index contributed by atoms with van der Waals surface area (Å²) in [7, 11) is 0. The van der Waals surface area contributed by atoms with Crippen LogP contribution in [0.25, 0.3) is 0 Å². The van der Waals surface area contributed by atoms with E-state index in [0.29, 0.717) is 19.5 Å². The molecule has 2 atom stereocenters. The van der Waals surface area contributed by atoms with Crippen molar-refractivity contribution in [1.82, 2.24) is 10.2 Å². The number of unbranched alkanes of at least 4 members (excludes halogenated alkanes) is 1. The molecule has 0 saturated carbocycles. The van der Waals surface area contributed by atoms with Gasteiger partial charge in [-0.05, 0) is 12.8 Å². The average molecular weight is 242 g/mol. The fraction of sp³-hybridized carbons (Fsp3) is 0.818. The van der Waals surface area contributed by atoms with Crippen LogP contribution in [0.3, 0.4) is 0 Å². The van der Waals surface area contributed by atoms with Crippen LogP contribution in [0.5, 0.6) is 0 Å². The Morgan fingerprint density at radius 2 is 2.24 bits per heavy atom. The maximum absolute atomic E-state index is 12.1.